The molecule has 1 atom stereocenters. The minimum atomic E-state index is -0.702. The summed E-state index contributed by atoms with van der Waals surface area (Å²) in [6.45, 7) is 8.60. The van der Waals surface area contributed by atoms with Crippen LogP contribution in [0.2, 0.25) is 0 Å². The maximum atomic E-state index is 11.4. The number of likely N-dealkylation sites (tertiary alicyclic amines) is 1. The van der Waals surface area contributed by atoms with Crippen LogP contribution in [-0.4, -0.2) is 34.7 Å². The SMILES string of the molecule is CC(C)(C)[C@H]1CC[C@H](Oc2ccc3cc(CN4CCC[C@H]4C(=O)O)ccc3c2)CC1. The zero-order valence-corrected chi connectivity index (χ0v) is 18.6. The number of ether oxygens (including phenoxy) is 1. The van der Waals surface area contributed by atoms with Crippen LogP contribution in [0.3, 0.4) is 0 Å². The van der Waals surface area contributed by atoms with E-state index < -0.39 is 5.97 Å². The van der Waals surface area contributed by atoms with Crippen LogP contribution >= 0.6 is 0 Å². The van der Waals surface area contributed by atoms with Gasteiger partial charge in [-0.3, -0.25) is 9.69 Å². The fraction of sp³-hybridized carbons (Fsp3) is 0.577. The summed E-state index contributed by atoms with van der Waals surface area (Å²) >= 11 is 0. The highest BCUT2D eigenvalue weighted by Gasteiger charge is 2.31. The minimum Gasteiger partial charge on any atom is -0.490 e. The summed E-state index contributed by atoms with van der Waals surface area (Å²) in [5.41, 5.74) is 1.57. The van der Waals surface area contributed by atoms with Crippen molar-refractivity contribution in [2.75, 3.05) is 6.54 Å². The van der Waals surface area contributed by atoms with E-state index in [0.717, 1.165) is 43.9 Å². The average molecular weight is 410 g/mol. The van der Waals surface area contributed by atoms with E-state index in [1.54, 1.807) is 0 Å². The summed E-state index contributed by atoms with van der Waals surface area (Å²) < 4.78 is 6.33. The molecule has 4 rings (SSSR count). The molecular weight excluding hydrogens is 374 g/mol. The highest BCUT2D eigenvalue weighted by atomic mass is 16.5. The highest BCUT2D eigenvalue weighted by molar-refractivity contribution is 5.84. The average Bonchev–Trinajstić information content (AvgIpc) is 3.16. The predicted octanol–water partition coefficient (Wildman–Crippen LogP) is 5.87. The number of nitrogens with zero attached hydrogens (tertiary/aromatic N) is 1. The summed E-state index contributed by atoms with van der Waals surface area (Å²) in [4.78, 5) is 13.5. The highest BCUT2D eigenvalue weighted by Crippen LogP contribution is 2.39. The Hall–Kier alpha value is -2.07. The molecule has 1 saturated heterocycles. The van der Waals surface area contributed by atoms with E-state index >= 15 is 0 Å². The largest absolute Gasteiger partial charge is 0.490 e. The number of rotatable bonds is 5. The van der Waals surface area contributed by atoms with E-state index in [1.807, 2.05) is 0 Å². The first-order valence-electron chi connectivity index (χ1n) is 11.5. The van der Waals surface area contributed by atoms with Crippen molar-refractivity contribution in [2.24, 2.45) is 11.3 Å². The van der Waals surface area contributed by atoms with Crippen LogP contribution in [0.15, 0.2) is 36.4 Å². The van der Waals surface area contributed by atoms with Crippen LogP contribution in [-0.2, 0) is 11.3 Å². The molecule has 0 amide bonds. The predicted molar refractivity (Wildman–Crippen MR) is 121 cm³/mol. The number of hydrogen-bond acceptors (Lipinski definition) is 3. The van der Waals surface area contributed by atoms with Gasteiger partial charge in [-0.15, -0.1) is 0 Å². The number of fused-ring (bicyclic) bond motifs is 1. The van der Waals surface area contributed by atoms with Crippen molar-refractivity contribution in [3.8, 4) is 5.75 Å². The van der Waals surface area contributed by atoms with Crippen LogP contribution in [0.4, 0.5) is 0 Å². The van der Waals surface area contributed by atoms with E-state index in [1.165, 1.54) is 29.2 Å². The van der Waals surface area contributed by atoms with Gasteiger partial charge in [0.2, 0.25) is 0 Å². The van der Waals surface area contributed by atoms with Gasteiger partial charge in [-0.05, 0) is 90.9 Å². The molecule has 1 aliphatic heterocycles. The fourth-order valence-electron chi connectivity index (χ4n) is 5.21. The smallest absolute Gasteiger partial charge is 0.320 e. The van der Waals surface area contributed by atoms with Gasteiger partial charge >= 0.3 is 5.97 Å². The molecule has 0 radical (unpaired) electrons. The molecule has 4 heteroatoms. The molecule has 2 fully saturated rings. The molecular formula is C26H35NO3. The normalized spacial score (nSPS) is 25.5. The lowest BCUT2D eigenvalue weighted by Crippen LogP contribution is -2.35. The van der Waals surface area contributed by atoms with E-state index in [0.29, 0.717) is 18.1 Å². The van der Waals surface area contributed by atoms with Crippen LogP contribution in [0.1, 0.15) is 64.9 Å². The molecule has 0 spiro atoms. The van der Waals surface area contributed by atoms with Gasteiger partial charge in [0.15, 0.2) is 0 Å². The van der Waals surface area contributed by atoms with Crippen LogP contribution in [0.25, 0.3) is 10.8 Å². The second-order valence-electron chi connectivity index (χ2n) is 10.3. The second-order valence-corrected chi connectivity index (χ2v) is 10.3. The Morgan fingerprint density at radius 1 is 1.03 bits per heavy atom. The molecule has 162 valence electrons. The molecule has 2 aromatic carbocycles. The van der Waals surface area contributed by atoms with Crippen molar-refractivity contribution in [1.29, 1.82) is 0 Å². The van der Waals surface area contributed by atoms with Crippen molar-refractivity contribution in [2.45, 2.75) is 78.0 Å². The third kappa shape index (κ3) is 4.80. The molecule has 1 N–H and O–H groups in total. The van der Waals surface area contributed by atoms with Gasteiger partial charge in [0, 0.05) is 6.54 Å². The molecule has 4 nitrogen and oxygen atoms in total. The van der Waals surface area contributed by atoms with Crippen LogP contribution in [0, 0.1) is 11.3 Å². The van der Waals surface area contributed by atoms with E-state index in [9.17, 15) is 9.90 Å². The Bertz CT molecular complexity index is 893. The lowest BCUT2D eigenvalue weighted by atomic mass is 9.72. The molecule has 1 aliphatic carbocycles. The molecule has 2 aromatic rings. The number of benzene rings is 2. The summed E-state index contributed by atoms with van der Waals surface area (Å²) in [5.74, 6) is 1.05. The van der Waals surface area contributed by atoms with E-state index in [2.05, 4.69) is 62.1 Å². The lowest BCUT2D eigenvalue weighted by Gasteiger charge is -2.37. The van der Waals surface area contributed by atoms with Crippen molar-refractivity contribution >= 4 is 16.7 Å². The summed E-state index contributed by atoms with van der Waals surface area (Å²) in [5, 5.41) is 11.8. The van der Waals surface area contributed by atoms with Gasteiger partial charge in [0.25, 0.3) is 0 Å². The minimum absolute atomic E-state index is 0.323. The maximum Gasteiger partial charge on any atom is 0.320 e. The van der Waals surface area contributed by atoms with Crippen LogP contribution < -0.4 is 4.74 Å². The monoisotopic (exact) mass is 409 g/mol. The summed E-state index contributed by atoms with van der Waals surface area (Å²) in [7, 11) is 0. The van der Waals surface area contributed by atoms with Gasteiger partial charge < -0.3 is 9.84 Å². The maximum absolute atomic E-state index is 11.4. The lowest BCUT2D eigenvalue weighted by molar-refractivity contribution is -0.142. The van der Waals surface area contributed by atoms with Gasteiger partial charge in [-0.25, -0.2) is 0 Å². The van der Waals surface area contributed by atoms with E-state index in [-0.39, 0.29) is 6.04 Å². The number of aliphatic carboxylic acids is 1. The molecule has 0 unspecified atom stereocenters. The molecule has 0 aromatic heterocycles. The topological polar surface area (TPSA) is 49.8 Å². The first kappa shape index (κ1) is 21.2. The quantitative estimate of drug-likeness (QED) is 0.671. The Labute approximate surface area is 180 Å². The summed E-state index contributed by atoms with van der Waals surface area (Å²) in [6, 6.07) is 12.5. The van der Waals surface area contributed by atoms with Gasteiger partial charge in [0.05, 0.1) is 6.10 Å². The van der Waals surface area contributed by atoms with Crippen molar-refractivity contribution < 1.29 is 14.6 Å². The zero-order chi connectivity index (χ0) is 21.3. The number of carbonyl (C=O) groups is 1. The van der Waals surface area contributed by atoms with Crippen molar-refractivity contribution in [3.05, 3.63) is 42.0 Å². The third-order valence-electron chi connectivity index (χ3n) is 7.11. The molecule has 1 heterocycles. The van der Waals surface area contributed by atoms with Crippen molar-refractivity contribution in [1.82, 2.24) is 4.90 Å². The van der Waals surface area contributed by atoms with Crippen LogP contribution in [0.5, 0.6) is 5.75 Å². The molecule has 2 aliphatic rings. The molecule has 30 heavy (non-hydrogen) atoms. The second kappa shape index (κ2) is 8.58. The van der Waals surface area contributed by atoms with E-state index in [4.69, 9.17) is 4.74 Å². The Morgan fingerprint density at radius 3 is 2.43 bits per heavy atom. The van der Waals surface area contributed by atoms with Gasteiger partial charge in [0.1, 0.15) is 11.8 Å². The van der Waals surface area contributed by atoms with Crippen molar-refractivity contribution in [3.63, 3.8) is 0 Å². The molecule has 1 saturated carbocycles. The standard InChI is InChI=1S/C26H35NO3/c1-26(2,3)21-9-12-22(13-10-21)30-23-11-8-19-15-18(6-7-20(19)16-23)17-27-14-4-5-24(27)25(28)29/h6-8,11,15-16,21-22,24H,4-5,9-10,12-14,17H2,1-3H3,(H,28,29)/t21-,22-,24-/m0/s1. The Morgan fingerprint density at radius 2 is 1.73 bits per heavy atom. The number of carboxylic acids is 1. The first-order chi connectivity index (χ1) is 14.3. The summed E-state index contributed by atoms with van der Waals surface area (Å²) in [6.07, 6.45) is 6.81. The Kier molecular flexibility index (Phi) is 6.06. The number of carboxylic acid groups (broad SMARTS) is 1. The van der Waals surface area contributed by atoms with Gasteiger partial charge in [-0.1, -0.05) is 39.0 Å². The first-order valence-corrected chi connectivity index (χ1v) is 11.5. The fourth-order valence-corrected chi connectivity index (χ4v) is 5.21. The molecule has 0 bridgehead atoms. The third-order valence-corrected chi connectivity index (χ3v) is 7.11. The number of hydrogen-bond donors (Lipinski definition) is 1. The zero-order valence-electron chi connectivity index (χ0n) is 18.6. The Balaban J connectivity index is 1.39. The van der Waals surface area contributed by atoms with Gasteiger partial charge in [-0.2, -0.15) is 0 Å².